The Morgan fingerprint density at radius 1 is 0.625 bits per heavy atom. The molecule has 0 aliphatic carbocycles. The molecule has 5 nitrogen and oxygen atoms in total. The van der Waals surface area contributed by atoms with Gasteiger partial charge in [-0.3, -0.25) is 0 Å². The number of nitriles is 1. The maximum Gasteiger partial charge on any atom is 0.264 e. The third kappa shape index (κ3) is 3.70. The molecule has 0 radical (unpaired) electrons. The maximum absolute atomic E-state index is 10.8. The minimum absolute atomic E-state index is 0.0295. The van der Waals surface area contributed by atoms with E-state index in [4.69, 9.17) is 4.42 Å². The van der Waals surface area contributed by atoms with Gasteiger partial charge in [-0.1, -0.05) is 87.5 Å². The second-order valence-corrected chi connectivity index (χ2v) is 17.5. The van der Waals surface area contributed by atoms with Gasteiger partial charge in [-0.15, -0.1) is 11.3 Å². The topological polar surface area (TPSA) is 48.3 Å². The summed E-state index contributed by atoms with van der Waals surface area (Å²) in [7, 11) is 0. The number of fused-ring (bicyclic) bond motifs is 14. The smallest absolute Gasteiger partial charge is 0.264 e. The van der Waals surface area contributed by atoms with E-state index in [0.29, 0.717) is 5.56 Å². The Morgan fingerprint density at radius 2 is 1.38 bits per heavy atom. The number of nitrogens with zero attached hydrogens (tertiary/aromatic N) is 4. The first-order valence-electron chi connectivity index (χ1n) is 19.2. The summed E-state index contributed by atoms with van der Waals surface area (Å²) < 4.78 is 11.4. The fraction of sp³-hybridized carbons (Fsp3) is 0.0816. The third-order valence-corrected chi connectivity index (χ3v) is 13.7. The molecule has 13 rings (SSSR count). The molecule has 10 aromatic rings. The number of hydrogen-bond donors (Lipinski definition) is 0. The average Bonchev–Trinajstić information content (AvgIpc) is 3.90. The van der Waals surface area contributed by atoms with Crippen LogP contribution in [0.1, 0.15) is 31.9 Å². The highest BCUT2D eigenvalue weighted by Gasteiger charge is 2.47. The number of thiophene rings is 1. The predicted octanol–water partition coefficient (Wildman–Crippen LogP) is 11.5. The van der Waals surface area contributed by atoms with Gasteiger partial charge in [0, 0.05) is 53.5 Å². The predicted molar refractivity (Wildman–Crippen MR) is 234 cm³/mol. The summed E-state index contributed by atoms with van der Waals surface area (Å²) >= 11 is 1.90. The summed E-state index contributed by atoms with van der Waals surface area (Å²) in [6, 6.07) is 51.0. The lowest BCUT2D eigenvalue weighted by Crippen LogP contribution is -2.61. The van der Waals surface area contributed by atoms with Crippen molar-refractivity contribution in [2.75, 3.05) is 9.80 Å². The van der Waals surface area contributed by atoms with Crippen molar-refractivity contribution in [1.82, 2.24) is 4.57 Å². The molecule has 6 heterocycles. The van der Waals surface area contributed by atoms with Crippen LogP contribution >= 0.6 is 11.3 Å². The van der Waals surface area contributed by atoms with Crippen LogP contribution in [0.3, 0.4) is 0 Å². The lowest BCUT2D eigenvalue weighted by molar-refractivity contribution is 0.591. The number of hydrogen-bond acceptors (Lipinski definition) is 5. The number of rotatable bonds is 1. The van der Waals surface area contributed by atoms with E-state index in [1.807, 2.05) is 23.5 Å². The molecule has 0 spiro atoms. The molecular formula is C49H31BN4OS. The summed E-state index contributed by atoms with van der Waals surface area (Å²) in [5.41, 5.74) is 16.4. The Balaban J connectivity index is 1.19. The van der Waals surface area contributed by atoms with E-state index in [1.165, 1.54) is 70.2 Å². The van der Waals surface area contributed by atoms with E-state index in [-0.39, 0.29) is 12.1 Å². The standard InChI is InChI=1S/C49H31BN4OS/c1-49(2,3)28-18-21-43-34(24-28)46-48(56-43)50-35-13-9-16-38-47(35)54(37-15-8-12-32-30-10-4-6-14-36(30)53(38)45(32)37)40-23-27(26-51)22-39(44(40)50)52(46)29-19-20-42-33(25-29)31-11-5-7-17-41(31)55-42/h4-25H,1-3H3. The number of anilines is 6. The molecule has 0 unspecified atom stereocenters. The van der Waals surface area contributed by atoms with Crippen LogP contribution in [-0.2, 0) is 5.41 Å². The first kappa shape index (κ1) is 30.6. The van der Waals surface area contributed by atoms with Crippen molar-refractivity contribution < 1.29 is 4.42 Å². The van der Waals surface area contributed by atoms with E-state index in [1.54, 1.807) is 0 Å². The minimum atomic E-state index is -0.0401. The zero-order valence-electron chi connectivity index (χ0n) is 30.9. The molecule has 0 saturated heterocycles. The van der Waals surface area contributed by atoms with Crippen LogP contribution in [0.2, 0.25) is 0 Å². The Kier molecular flexibility index (Phi) is 5.63. The summed E-state index contributed by atoms with van der Waals surface area (Å²) in [4.78, 5) is 4.91. The van der Waals surface area contributed by atoms with Gasteiger partial charge in [-0.2, -0.15) is 5.26 Å². The van der Waals surface area contributed by atoms with Crippen molar-refractivity contribution in [2.45, 2.75) is 26.2 Å². The van der Waals surface area contributed by atoms with Crippen molar-refractivity contribution in [3.8, 4) is 11.8 Å². The Morgan fingerprint density at radius 3 is 2.23 bits per heavy atom. The molecule has 3 aromatic heterocycles. The van der Waals surface area contributed by atoms with Crippen LogP contribution in [0.25, 0.3) is 59.5 Å². The van der Waals surface area contributed by atoms with Crippen LogP contribution in [0.15, 0.2) is 138 Å². The highest BCUT2D eigenvalue weighted by atomic mass is 32.1. The molecule has 0 atom stereocenters. The van der Waals surface area contributed by atoms with Crippen molar-refractivity contribution in [1.29, 1.82) is 5.26 Å². The van der Waals surface area contributed by atoms with Gasteiger partial charge in [0.2, 0.25) is 0 Å². The SMILES string of the molecule is CC(C)(C)c1ccc2sc3c(c2c1)N(c1ccc2oc4ccccc4c2c1)c1cc(C#N)cc2c1B3c1cccc3c1N2c1cccc2c4ccccc4n-3c12. The van der Waals surface area contributed by atoms with Gasteiger partial charge in [0.25, 0.3) is 6.71 Å². The van der Waals surface area contributed by atoms with E-state index in [9.17, 15) is 5.26 Å². The van der Waals surface area contributed by atoms with Crippen LogP contribution in [0, 0.1) is 11.3 Å². The van der Waals surface area contributed by atoms with Crippen molar-refractivity contribution in [2.24, 2.45) is 0 Å². The van der Waals surface area contributed by atoms with Gasteiger partial charge in [0.1, 0.15) is 11.2 Å². The fourth-order valence-corrected chi connectivity index (χ4v) is 11.3. The lowest BCUT2D eigenvalue weighted by Gasteiger charge is -2.45. The molecule has 56 heavy (non-hydrogen) atoms. The number of benzene rings is 7. The van der Waals surface area contributed by atoms with Gasteiger partial charge >= 0.3 is 0 Å². The number of furan rings is 1. The van der Waals surface area contributed by atoms with Crippen LogP contribution in [0.4, 0.5) is 34.1 Å². The second-order valence-electron chi connectivity index (χ2n) is 16.4. The molecule has 0 bridgehead atoms. The molecule has 3 aliphatic rings. The lowest BCUT2D eigenvalue weighted by atomic mass is 9.36. The van der Waals surface area contributed by atoms with Gasteiger partial charge in [-0.25, -0.2) is 0 Å². The Hall–Kier alpha value is -6.75. The van der Waals surface area contributed by atoms with Crippen molar-refractivity contribution in [3.63, 3.8) is 0 Å². The molecule has 0 amide bonds. The molecule has 0 N–H and O–H groups in total. The number of para-hydroxylation sites is 4. The van der Waals surface area contributed by atoms with E-state index in [0.717, 1.165) is 44.7 Å². The summed E-state index contributed by atoms with van der Waals surface area (Å²) in [6.07, 6.45) is 0. The van der Waals surface area contributed by atoms with Gasteiger partial charge < -0.3 is 18.8 Å². The zero-order chi connectivity index (χ0) is 37.2. The van der Waals surface area contributed by atoms with Gasteiger partial charge in [0.05, 0.1) is 45.4 Å². The van der Waals surface area contributed by atoms with E-state index >= 15 is 0 Å². The maximum atomic E-state index is 10.8. The molecular weight excluding hydrogens is 703 g/mol. The first-order valence-corrected chi connectivity index (χ1v) is 20.0. The quantitative estimate of drug-likeness (QED) is 0.158. The molecule has 7 heteroatoms. The van der Waals surface area contributed by atoms with E-state index < -0.39 is 0 Å². The average molecular weight is 735 g/mol. The fourth-order valence-electron chi connectivity index (χ4n) is 10.0. The highest BCUT2D eigenvalue weighted by Crippen LogP contribution is 2.54. The van der Waals surface area contributed by atoms with Gasteiger partial charge in [-0.05, 0) is 88.6 Å². The van der Waals surface area contributed by atoms with Crippen LogP contribution in [0.5, 0.6) is 0 Å². The van der Waals surface area contributed by atoms with Crippen LogP contribution < -0.4 is 25.5 Å². The summed E-state index contributed by atoms with van der Waals surface area (Å²) in [5.74, 6) is 0. The molecule has 0 fully saturated rings. The minimum Gasteiger partial charge on any atom is -0.456 e. The van der Waals surface area contributed by atoms with Gasteiger partial charge in [0.15, 0.2) is 0 Å². The molecule has 3 aliphatic heterocycles. The first-order chi connectivity index (χ1) is 27.4. The molecule has 0 saturated carbocycles. The third-order valence-electron chi connectivity index (χ3n) is 12.4. The largest absolute Gasteiger partial charge is 0.456 e. The van der Waals surface area contributed by atoms with Crippen LogP contribution in [-0.4, -0.2) is 11.3 Å². The summed E-state index contributed by atoms with van der Waals surface area (Å²) in [6.45, 7) is 6.82. The normalized spacial score (nSPS) is 13.9. The zero-order valence-corrected chi connectivity index (χ0v) is 31.7. The molecule has 262 valence electrons. The second kappa shape index (κ2) is 10.3. The number of aromatic nitrogens is 1. The Bertz CT molecular complexity index is 3470. The van der Waals surface area contributed by atoms with Crippen molar-refractivity contribution >= 4 is 122 Å². The van der Waals surface area contributed by atoms with E-state index in [2.05, 4.69) is 163 Å². The highest BCUT2D eigenvalue weighted by molar-refractivity contribution is 7.33. The van der Waals surface area contributed by atoms with Crippen molar-refractivity contribution in [3.05, 3.63) is 145 Å². The molecule has 7 aromatic carbocycles. The monoisotopic (exact) mass is 734 g/mol. The Labute approximate surface area is 326 Å². The summed E-state index contributed by atoms with van der Waals surface area (Å²) in [5, 5.41) is 16.7.